The third-order valence-corrected chi connectivity index (χ3v) is 4.84. The van der Waals surface area contributed by atoms with E-state index in [0.717, 1.165) is 5.75 Å². The monoisotopic (exact) mass is 396 g/mol. The van der Waals surface area contributed by atoms with Gasteiger partial charge >= 0.3 is 0 Å². The van der Waals surface area contributed by atoms with Gasteiger partial charge in [-0.15, -0.1) is 0 Å². The lowest BCUT2D eigenvalue weighted by atomic mass is 10.1. The van der Waals surface area contributed by atoms with Crippen molar-refractivity contribution < 1.29 is 19.1 Å². The van der Waals surface area contributed by atoms with Gasteiger partial charge in [0.05, 0.1) is 5.56 Å². The molecule has 0 atom stereocenters. The quantitative estimate of drug-likeness (QED) is 0.675. The third kappa shape index (κ3) is 5.50. The molecule has 2 aromatic rings. The van der Waals surface area contributed by atoms with Gasteiger partial charge in [0.2, 0.25) is 5.91 Å². The fourth-order valence-electron chi connectivity index (χ4n) is 3.26. The van der Waals surface area contributed by atoms with Crippen molar-refractivity contribution in [2.45, 2.75) is 13.8 Å². The second-order valence-corrected chi connectivity index (χ2v) is 7.28. The summed E-state index contributed by atoms with van der Waals surface area (Å²) < 4.78 is 11.5. The predicted octanol–water partition coefficient (Wildman–Crippen LogP) is 3.08. The van der Waals surface area contributed by atoms with Crippen molar-refractivity contribution in [1.29, 1.82) is 0 Å². The van der Waals surface area contributed by atoms with Crippen LogP contribution in [-0.4, -0.2) is 61.0 Å². The summed E-state index contributed by atoms with van der Waals surface area (Å²) in [5.41, 5.74) is 0.538. The lowest BCUT2D eigenvalue weighted by Crippen LogP contribution is -2.51. The Kier molecular flexibility index (Phi) is 7.11. The number of para-hydroxylation sites is 2. The molecule has 6 heteroatoms. The molecule has 0 saturated carbocycles. The second kappa shape index (κ2) is 9.96. The maximum Gasteiger partial charge on any atom is 0.257 e. The zero-order valence-electron chi connectivity index (χ0n) is 17.0. The first-order valence-electron chi connectivity index (χ1n) is 10.0. The van der Waals surface area contributed by atoms with Crippen LogP contribution in [0.1, 0.15) is 24.2 Å². The van der Waals surface area contributed by atoms with Gasteiger partial charge in [-0.25, -0.2) is 0 Å². The Hall–Kier alpha value is -3.02. The van der Waals surface area contributed by atoms with Crippen molar-refractivity contribution in [3.63, 3.8) is 0 Å². The van der Waals surface area contributed by atoms with E-state index in [2.05, 4.69) is 0 Å². The summed E-state index contributed by atoms with van der Waals surface area (Å²) >= 11 is 0. The molecule has 2 amide bonds. The summed E-state index contributed by atoms with van der Waals surface area (Å²) in [5.74, 6) is 1.38. The highest BCUT2D eigenvalue weighted by atomic mass is 16.5. The van der Waals surface area contributed by atoms with Crippen LogP contribution >= 0.6 is 0 Å². The molecular formula is C23H28N2O4. The molecule has 6 nitrogen and oxygen atoms in total. The predicted molar refractivity (Wildman–Crippen MR) is 111 cm³/mol. The van der Waals surface area contributed by atoms with E-state index in [4.69, 9.17) is 9.47 Å². The van der Waals surface area contributed by atoms with E-state index in [9.17, 15) is 9.59 Å². The average molecular weight is 396 g/mol. The molecule has 1 aliphatic rings. The lowest BCUT2D eigenvalue weighted by Gasteiger charge is -2.35. The minimum atomic E-state index is -0.0683. The molecular weight excluding hydrogens is 368 g/mol. The summed E-state index contributed by atoms with van der Waals surface area (Å²) in [7, 11) is 0. The summed E-state index contributed by atoms with van der Waals surface area (Å²) in [6.45, 7) is 6.72. The van der Waals surface area contributed by atoms with Crippen molar-refractivity contribution in [1.82, 2.24) is 9.80 Å². The molecule has 1 fully saturated rings. The molecule has 154 valence electrons. The molecule has 1 aliphatic heterocycles. The van der Waals surface area contributed by atoms with Crippen molar-refractivity contribution in [3.05, 3.63) is 60.2 Å². The summed E-state index contributed by atoms with van der Waals surface area (Å²) in [6, 6.07) is 16.8. The van der Waals surface area contributed by atoms with Crippen LogP contribution in [0.25, 0.3) is 0 Å². The maximum absolute atomic E-state index is 13.0. The molecule has 2 aromatic carbocycles. The first kappa shape index (κ1) is 20.7. The fraction of sp³-hybridized carbons (Fsp3) is 0.391. The van der Waals surface area contributed by atoms with E-state index >= 15 is 0 Å². The number of ether oxygens (including phenoxy) is 2. The highest BCUT2D eigenvalue weighted by Gasteiger charge is 2.27. The van der Waals surface area contributed by atoms with E-state index in [1.165, 1.54) is 0 Å². The summed E-state index contributed by atoms with van der Waals surface area (Å²) in [6.07, 6.45) is 0. The number of hydrogen-bond donors (Lipinski definition) is 0. The molecule has 3 rings (SSSR count). The maximum atomic E-state index is 13.0. The molecule has 0 aliphatic carbocycles. The first-order chi connectivity index (χ1) is 14.1. The minimum Gasteiger partial charge on any atom is -0.490 e. The highest BCUT2D eigenvalue weighted by Crippen LogP contribution is 2.21. The lowest BCUT2D eigenvalue weighted by molar-refractivity contribution is -0.135. The molecule has 0 spiro atoms. The van der Waals surface area contributed by atoms with Crippen LogP contribution in [0.3, 0.4) is 0 Å². The molecule has 1 heterocycles. The van der Waals surface area contributed by atoms with Crippen molar-refractivity contribution in [3.8, 4) is 11.5 Å². The SMILES string of the molecule is CC(C)C(=O)N1CCN(C(=O)c2ccccc2OCCOc2ccccc2)CC1. The topological polar surface area (TPSA) is 59.1 Å². The standard InChI is InChI=1S/C23H28N2O4/c1-18(2)22(26)24-12-14-25(15-13-24)23(27)20-10-6-7-11-21(20)29-17-16-28-19-8-4-3-5-9-19/h3-11,18H,12-17H2,1-2H3. The smallest absolute Gasteiger partial charge is 0.257 e. The molecule has 1 saturated heterocycles. The minimum absolute atomic E-state index is 0.0236. The summed E-state index contributed by atoms with van der Waals surface area (Å²) in [5, 5.41) is 0. The number of amides is 2. The van der Waals surface area contributed by atoms with Gasteiger partial charge in [0.15, 0.2) is 0 Å². The van der Waals surface area contributed by atoms with Gasteiger partial charge in [-0.1, -0.05) is 44.2 Å². The van der Waals surface area contributed by atoms with Gasteiger partial charge < -0.3 is 19.3 Å². The number of rotatable bonds is 7. The van der Waals surface area contributed by atoms with E-state index in [1.54, 1.807) is 17.0 Å². The van der Waals surface area contributed by atoms with Gasteiger partial charge in [0.25, 0.3) is 5.91 Å². The molecule has 29 heavy (non-hydrogen) atoms. The van der Waals surface area contributed by atoms with Crippen LogP contribution in [0.5, 0.6) is 11.5 Å². The van der Waals surface area contributed by atoms with Crippen molar-refractivity contribution in [2.75, 3.05) is 39.4 Å². The Morgan fingerprint density at radius 2 is 1.41 bits per heavy atom. The van der Waals surface area contributed by atoms with Gasteiger partial charge in [0.1, 0.15) is 24.7 Å². The van der Waals surface area contributed by atoms with E-state index in [0.29, 0.717) is 50.7 Å². The zero-order chi connectivity index (χ0) is 20.6. The van der Waals surface area contributed by atoms with E-state index in [1.807, 2.05) is 61.2 Å². The Labute approximate surface area is 172 Å². The fourth-order valence-corrected chi connectivity index (χ4v) is 3.26. The molecule has 0 radical (unpaired) electrons. The summed E-state index contributed by atoms with van der Waals surface area (Å²) in [4.78, 5) is 28.8. The molecule has 0 bridgehead atoms. The Morgan fingerprint density at radius 3 is 2.10 bits per heavy atom. The van der Waals surface area contributed by atoms with Crippen LogP contribution in [0, 0.1) is 5.92 Å². The Bertz CT molecular complexity index is 815. The van der Waals surface area contributed by atoms with Crippen LogP contribution in [0.15, 0.2) is 54.6 Å². The number of piperazine rings is 1. The third-order valence-electron chi connectivity index (χ3n) is 4.84. The van der Waals surface area contributed by atoms with Gasteiger partial charge in [-0.2, -0.15) is 0 Å². The van der Waals surface area contributed by atoms with Crippen molar-refractivity contribution in [2.24, 2.45) is 5.92 Å². The molecule has 0 aromatic heterocycles. The van der Waals surface area contributed by atoms with Gasteiger partial charge in [0, 0.05) is 32.1 Å². The first-order valence-corrected chi connectivity index (χ1v) is 10.0. The molecule has 0 N–H and O–H groups in total. The second-order valence-electron chi connectivity index (χ2n) is 7.28. The zero-order valence-corrected chi connectivity index (χ0v) is 17.0. The Morgan fingerprint density at radius 1 is 0.828 bits per heavy atom. The number of nitrogens with zero attached hydrogens (tertiary/aromatic N) is 2. The number of carbonyl (C=O) groups is 2. The average Bonchev–Trinajstić information content (AvgIpc) is 2.77. The molecule has 0 unspecified atom stereocenters. The highest BCUT2D eigenvalue weighted by molar-refractivity contribution is 5.97. The number of carbonyl (C=O) groups excluding carboxylic acids is 2. The van der Waals surface area contributed by atoms with Crippen LogP contribution in [0.4, 0.5) is 0 Å². The van der Waals surface area contributed by atoms with Crippen LogP contribution < -0.4 is 9.47 Å². The largest absolute Gasteiger partial charge is 0.490 e. The van der Waals surface area contributed by atoms with Crippen LogP contribution in [-0.2, 0) is 4.79 Å². The van der Waals surface area contributed by atoms with Crippen LogP contribution in [0.2, 0.25) is 0 Å². The number of hydrogen-bond acceptors (Lipinski definition) is 4. The van der Waals surface area contributed by atoms with Gasteiger partial charge in [-0.05, 0) is 24.3 Å². The van der Waals surface area contributed by atoms with Gasteiger partial charge in [-0.3, -0.25) is 9.59 Å². The van der Waals surface area contributed by atoms with E-state index in [-0.39, 0.29) is 17.7 Å². The van der Waals surface area contributed by atoms with E-state index < -0.39 is 0 Å². The normalized spacial score (nSPS) is 14.0. The van der Waals surface area contributed by atoms with Crippen molar-refractivity contribution >= 4 is 11.8 Å². The Balaban J connectivity index is 1.54. The number of benzene rings is 2.